The zero-order valence-corrected chi connectivity index (χ0v) is 17.9. The molecule has 2 atom stereocenters. The molecule has 1 aliphatic rings. The molecule has 0 aliphatic carbocycles. The molecular formula is C23H32NO4+. The van der Waals surface area contributed by atoms with Gasteiger partial charge >= 0.3 is 0 Å². The Labute approximate surface area is 168 Å². The number of rotatable bonds is 7. The van der Waals surface area contributed by atoms with Crippen LogP contribution in [0.15, 0.2) is 30.3 Å². The summed E-state index contributed by atoms with van der Waals surface area (Å²) in [5, 5.41) is 0. The largest absolute Gasteiger partial charge is 0.493 e. The Morgan fingerprint density at radius 2 is 1.46 bits per heavy atom. The number of quaternary nitrogens is 1. The number of hydrogen-bond acceptors (Lipinski definition) is 4. The third-order valence-corrected chi connectivity index (χ3v) is 6.25. The van der Waals surface area contributed by atoms with Gasteiger partial charge in [0.25, 0.3) is 0 Å². The monoisotopic (exact) mass is 386 g/mol. The van der Waals surface area contributed by atoms with Crippen molar-refractivity contribution in [2.24, 2.45) is 0 Å². The number of benzene rings is 2. The van der Waals surface area contributed by atoms with Gasteiger partial charge in [0.15, 0.2) is 23.0 Å². The first-order chi connectivity index (χ1) is 13.5. The van der Waals surface area contributed by atoms with Crippen LogP contribution in [0.3, 0.4) is 0 Å². The zero-order valence-electron chi connectivity index (χ0n) is 17.9. The minimum atomic E-state index is 0.339. The van der Waals surface area contributed by atoms with E-state index >= 15 is 0 Å². The van der Waals surface area contributed by atoms with Crippen LogP contribution in [0.5, 0.6) is 23.0 Å². The number of likely N-dealkylation sites (N-methyl/N-ethyl adjacent to an activating group) is 1. The van der Waals surface area contributed by atoms with Crippen molar-refractivity contribution >= 4 is 0 Å². The van der Waals surface area contributed by atoms with Crippen molar-refractivity contribution in [3.05, 3.63) is 47.0 Å². The summed E-state index contributed by atoms with van der Waals surface area (Å²) in [6.45, 7) is 4.45. The Kier molecular flexibility index (Phi) is 6.04. The normalized spacial score (nSPS) is 21.0. The molecule has 2 aromatic carbocycles. The van der Waals surface area contributed by atoms with Gasteiger partial charge in [0.1, 0.15) is 6.04 Å². The van der Waals surface area contributed by atoms with Gasteiger partial charge in [-0.25, -0.2) is 0 Å². The van der Waals surface area contributed by atoms with Gasteiger partial charge in [0.2, 0.25) is 0 Å². The molecule has 2 aromatic rings. The third-order valence-electron chi connectivity index (χ3n) is 6.25. The van der Waals surface area contributed by atoms with Gasteiger partial charge in [-0.05, 0) is 42.3 Å². The lowest BCUT2D eigenvalue weighted by Crippen LogP contribution is -2.51. The first kappa shape index (κ1) is 20.3. The SMILES string of the molecule is CC[N@@+]1(C)CCc2cc(OC)c(OC)cc2[C@@H]1Cc1ccc(OC)c(OC)c1. The Balaban J connectivity index is 2.05. The summed E-state index contributed by atoms with van der Waals surface area (Å²) in [7, 11) is 9.09. The second kappa shape index (κ2) is 8.31. The molecule has 3 rings (SSSR count). The van der Waals surface area contributed by atoms with E-state index < -0.39 is 0 Å². The highest BCUT2D eigenvalue weighted by molar-refractivity contribution is 5.50. The number of fused-ring (bicyclic) bond motifs is 1. The fourth-order valence-corrected chi connectivity index (χ4v) is 4.27. The van der Waals surface area contributed by atoms with Gasteiger partial charge in [-0.15, -0.1) is 0 Å². The maximum atomic E-state index is 5.60. The third kappa shape index (κ3) is 3.63. The topological polar surface area (TPSA) is 36.9 Å². The highest BCUT2D eigenvalue weighted by atomic mass is 16.5. The number of methoxy groups -OCH3 is 4. The van der Waals surface area contributed by atoms with Crippen molar-refractivity contribution in [3.63, 3.8) is 0 Å². The predicted octanol–water partition coefficient (Wildman–Crippen LogP) is 4.03. The van der Waals surface area contributed by atoms with Gasteiger partial charge in [-0.2, -0.15) is 0 Å². The van der Waals surface area contributed by atoms with Crippen molar-refractivity contribution in [2.75, 3.05) is 48.6 Å². The van der Waals surface area contributed by atoms with Crippen LogP contribution in [0.2, 0.25) is 0 Å². The molecule has 0 bridgehead atoms. The molecule has 152 valence electrons. The van der Waals surface area contributed by atoms with E-state index in [1.807, 2.05) is 6.07 Å². The van der Waals surface area contributed by atoms with E-state index in [0.29, 0.717) is 6.04 Å². The lowest BCUT2D eigenvalue weighted by Gasteiger charge is -2.45. The smallest absolute Gasteiger partial charge is 0.161 e. The molecule has 0 unspecified atom stereocenters. The van der Waals surface area contributed by atoms with E-state index in [9.17, 15) is 0 Å². The van der Waals surface area contributed by atoms with Crippen molar-refractivity contribution < 1.29 is 23.4 Å². The molecule has 0 fully saturated rings. The molecule has 0 radical (unpaired) electrons. The number of hydrogen-bond donors (Lipinski definition) is 0. The minimum absolute atomic E-state index is 0.339. The van der Waals surface area contributed by atoms with Crippen molar-refractivity contribution in [2.45, 2.75) is 25.8 Å². The van der Waals surface area contributed by atoms with Crippen LogP contribution < -0.4 is 18.9 Å². The molecule has 5 nitrogen and oxygen atoms in total. The molecule has 1 heterocycles. The number of nitrogens with zero attached hydrogens (tertiary/aromatic N) is 1. The predicted molar refractivity (Wildman–Crippen MR) is 111 cm³/mol. The highest BCUT2D eigenvalue weighted by Gasteiger charge is 2.38. The van der Waals surface area contributed by atoms with Gasteiger partial charge in [0.05, 0.1) is 48.6 Å². The van der Waals surface area contributed by atoms with Crippen LogP contribution >= 0.6 is 0 Å². The summed E-state index contributed by atoms with van der Waals surface area (Å²) >= 11 is 0. The fraction of sp³-hybridized carbons (Fsp3) is 0.478. The Morgan fingerprint density at radius 3 is 2.07 bits per heavy atom. The van der Waals surface area contributed by atoms with E-state index in [4.69, 9.17) is 18.9 Å². The summed E-state index contributed by atoms with van der Waals surface area (Å²) in [6.07, 6.45) is 1.97. The lowest BCUT2D eigenvalue weighted by molar-refractivity contribution is -0.939. The minimum Gasteiger partial charge on any atom is -0.493 e. The quantitative estimate of drug-likeness (QED) is 0.674. The molecule has 0 N–H and O–H groups in total. The average Bonchev–Trinajstić information content (AvgIpc) is 2.74. The summed E-state index contributed by atoms with van der Waals surface area (Å²) in [5.41, 5.74) is 3.94. The van der Waals surface area contributed by atoms with E-state index in [1.165, 1.54) is 16.7 Å². The zero-order chi connectivity index (χ0) is 20.3. The Hall–Kier alpha value is -2.40. The van der Waals surface area contributed by atoms with Crippen molar-refractivity contribution in [1.82, 2.24) is 0 Å². The molecular weight excluding hydrogens is 354 g/mol. The molecule has 0 spiro atoms. The second-order valence-electron chi connectivity index (χ2n) is 7.58. The molecule has 5 heteroatoms. The van der Waals surface area contributed by atoms with Crippen LogP contribution in [-0.4, -0.2) is 53.1 Å². The summed E-state index contributed by atoms with van der Waals surface area (Å²) < 4.78 is 23.0. The first-order valence-corrected chi connectivity index (χ1v) is 9.79. The molecule has 0 aromatic heterocycles. The van der Waals surface area contributed by atoms with Crippen LogP contribution in [0.4, 0.5) is 0 Å². The second-order valence-corrected chi connectivity index (χ2v) is 7.58. The fourth-order valence-electron chi connectivity index (χ4n) is 4.27. The van der Waals surface area contributed by atoms with Gasteiger partial charge in [0, 0.05) is 18.4 Å². The van der Waals surface area contributed by atoms with Gasteiger partial charge < -0.3 is 23.4 Å². The average molecular weight is 387 g/mol. The first-order valence-electron chi connectivity index (χ1n) is 9.79. The Bertz CT molecular complexity index is 836. The molecule has 0 amide bonds. The van der Waals surface area contributed by atoms with Crippen LogP contribution in [0.25, 0.3) is 0 Å². The summed E-state index contributed by atoms with van der Waals surface area (Å²) in [6, 6.07) is 10.9. The highest BCUT2D eigenvalue weighted by Crippen LogP contribution is 2.42. The molecule has 0 saturated carbocycles. The standard InChI is InChI=1S/C23H32NO4/c1-7-24(2)11-10-17-14-22(27-5)23(28-6)15-18(17)19(24)12-16-8-9-20(25-3)21(13-16)26-4/h8-9,13-15,19H,7,10-12H2,1-6H3/q+1/t19-,24-/m0/s1. The van der Waals surface area contributed by atoms with E-state index in [1.54, 1.807) is 28.4 Å². The van der Waals surface area contributed by atoms with Gasteiger partial charge in [-0.3, -0.25) is 0 Å². The van der Waals surface area contributed by atoms with Crippen molar-refractivity contribution in [1.29, 1.82) is 0 Å². The molecule has 0 saturated heterocycles. The van der Waals surface area contributed by atoms with Crippen molar-refractivity contribution in [3.8, 4) is 23.0 Å². The van der Waals surface area contributed by atoms with Crippen LogP contribution in [-0.2, 0) is 12.8 Å². The van der Waals surface area contributed by atoms with E-state index in [-0.39, 0.29) is 0 Å². The maximum Gasteiger partial charge on any atom is 0.161 e. The molecule has 28 heavy (non-hydrogen) atoms. The Morgan fingerprint density at radius 1 is 0.857 bits per heavy atom. The molecule has 1 aliphatic heterocycles. The van der Waals surface area contributed by atoms with E-state index in [0.717, 1.165) is 53.4 Å². The lowest BCUT2D eigenvalue weighted by atomic mass is 9.86. The number of ether oxygens (including phenoxy) is 4. The maximum absolute atomic E-state index is 5.60. The summed E-state index contributed by atoms with van der Waals surface area (Å²) in [4.78, 5) is 0. The van der Waals surface area contributed by atoms with Crippen LogP contribution in [0, 0.1) is 0 Å². The van der Waals surface area contributed by atoms with E-state index in [2.05, 4.69) is 38.2 Å². The van der Waals surface area contributed by atoms with Crippen LogP contribution in [0.1, 0.15) is 29.7 Å². The van der Waals surface area contributed by atoms with Gasteiger partial charge in [-0.1, -0.05) is 6.07 Å². The summed E-state index contributed by atoms with van der Waals surface area (Å²) in [5.74, 6) is 3.13.